The van der Waals surface area contributed by atoms with Crippen LogP contribution in [-0.4, -0.2) is 18.8 Å². The molecule has 1 N–H and O–H groups in total. The third-order valence-electron chi connectivity index (χ3n) is 2.56. The molecule has 0 atom stereocenters. The van der Waals surface area contributed by atoms with Crippen molar-refractivity contribution in [2.45, 2.75) is 25.9 Å². The lowest BCUT2D eigenvalue weighted by Crippen LogP contribution is -2.21. The second-order valence-electron chi connectivity index (χ2n) is 3.85. The molecule has 0 fully saturated rings. The summed E-state index contributed by atoms with van der Waals surface area (Å²) in [6.07, 6.45) is 0.683. The van der Waals surface area contributed by atoms with Gasteiger partial charge >= 0.3 is 0 Å². The second-order valence-corrected chi connectivity index (χ2v) is 3.85. The monoisotopic (exact) mass is 194 g/mol. The van der Waals surface area contributed by atoms with Gasteiger partial charge < -0.3 is 9.84 Å². The van der Waals surface area contributed by atoms with Gasteiger partial charge in [-0.15, -0.1) is 0 Å². The number of aliphatic hydroxyl groups is 1. The van der Waals surface area contributed by atoms with E-state index in [0.717, 1.165) is 11.1 Å². The van der Waals surface area contributed by atoms with Crippen LogP contribution in [0.25, 0.3) is 0 Å². The molecule has 1 rings (SSSR count). The third kappa shape index (κ3) is 2.34. The number of rotatable bonds is 4. The van der Waals surface area contributed by atoms with Crippen molar-refractivity contribution in [3.63, 3.8) is 0 Å². The van der Waals surface area contributed by atoms with E-state index in [9.17, 15) is 0 Å². The lowest BCUT2D eigenvalue weighted by Gasteiger charge is -2.26. The van der Waals surface area contributed by atoms with Gasteiger partial charge in [0.05, 0.1) is 5.60 Å². The number of ether oxygens (including phenoxy) is 1. The molecular weight excluding hydrogens is 176 g/mol. The van der Waals surface area contributed by atoms with Gasteiger partial charge in [-0.3, -0.25) is 0 Å². The highest BCUT2D eigenvalue weighted by molar-refractivity contribution is 5.31. The fourth-order valence-electron chi connectivity index (χ4n) is 1.56. The van der Waals surface area contributed by atoms with Crippen molar-refractivity contribution in [2.24, 2.45) is 0 Å². The summed E-state index contributed by atoms with van der Waals surface area (Å²) in [7, 11) is 1.70. The molecular formula is C12H18O2. The van der Waals surface area contributed by atoms with Crippen molar-refractivity contribution in [3.05, 3.63) is 35.4 Å². The van der Waals surface area contributed by atoms with Gasteiger partial charge in [-0.05, 0) is 31.4 Å². The highest BCUT2D eigenvalue weighted by Gasteiger charge is 2.21. The van der Waals surface area contributed by atoms with E-state index in [1.807, 2.05) is 32.0 Å². The summed E-state index contributed by atoms with van der Waals surface area (Å²) in [5.41, 5.74) is 2.02. The van der Waals surface area contributed by atoms with E-state index in [4.69, 9.17) is 9.84 Å². The van der Waals surface area contributed by atoms with Gasteiger partial charge in [0, 0.05) is 13.7 Å². The summed E-state index contributed by atoms with van der Waals surface area (Å²) in [6, 6.07) is 8.07. The Morgan fingerprint density at radius 2 is 1.93 bits per heavy atom. The summed E-state index contributed by atoms with van der Waals surface area (Å²) in [4.78, 5) is 0. The lowest BCUT2D eigenvalue weighted by atomic mass is 9.92. The summed E-state index contributed by atoms with van der Waals surface area (Å²) < 4.78 is 5.43. The molecule has 0 aliphatic carbocycles. The van der Waals surface area contributed by atoms with Gasteiger partial charge in [0.2, 0.25) is 0 Å². The smallest absolute Gasteiger partial charge is 0.0874 e. The van der Waals surface area contributed by atoms with Gasteiger partial charge in [-0.1, -0.05) is 24.3 Å². The van der Waals surface area contributed by atoms with Crippen LogP contribution in [0.1, 0.15) is 25.0 Å². The van der Waals surface area contributed by atoms with E-state index in [1.165, 1.54) is 0 Å². The zero-order chi connectivity index (χ0) is 10.6. The van der Waals surface area contributed by atoms with Crippen LogP contribution >= 0.6 is 0 Å². The predicted octanol–water partition coefficient (Wildman–Crippen LogP) is 2.10. The second kappa shape index (κ2) is 4.58. The Labute approximate surface area is 85.5 Å². The maximum absolute atomic E-state index is 8.94. The van der Waals surface area contributed by atoms with Crippen molar-refractivity contribution in [2.75, 3.05) is 13.7 Å². The number of benzene rings is 1. The Morgan fingerprint density at radius 3 is 2.50 bits per heavy atom. The molecule has 0 saturated heterocycles. The van der Waals surface area contributed by atoms with E-state index >= 15 is 0 Å². The third-order valence-corrected chi connectivity index (χ3v) is 2.56. The molecule has 14 heavy (non-hydrogen) atoms. The van der Waals surface area contributed by atoms with Crippen LogP contribution in [0.2, 0.25) is 0 Å². The molecule has 0 aliphatic heterocycles. The van der Waals surface area contributed by atoms with Crippen LogP contribution in [-0.2, 0) is 16.8 Å². The molecule has 1 aromatic carbocycles. The van der Waals surface area contributed by atoms with E-state index in [1.54, 1.807) is 7.11 Å². The Balaban J connectivity index is 3.06. The van der Waals surface area contributed by atoms with Crippen molar-refractivity contribution in [1.29, 1.82) is 0 Å². The molecule has 0 radical (unpaired) electrons. The Bertz CT molecular complexity index is 292. The topological polar surface area (TPSA) is 29.5 Å². The largest absolute Gasteiger partial charge is 0.396 e. The SMILES string of the molecule is COC(C)(C)c1ccccc1CCO. The first-order valence-corrected chi connectivity index (χ1v) is 4.86. The first kappa shape index (κ1) is 11.2. The Morgan fingerprint density at radius 1 is 1.29 bits per heavy atom. The van der Waals surface area contributed by atoms with Gasteiger partial charge in [0.1, 0.15) is 0 Å². The fourth-order valence-corrected chi connectivity index (χ4v) is 1.56. The fraction of sp³-hybridized carbons (Fsp3) is 0.500. The molecule has 0 heterocycles. The summed E-state index contributed by atoms with van der Waals surface area (Å²) in [6.45, 7) is 4.24. The lowest BCUT2D eigenvalue weighted by molar-refractivity contribution is 0.0183. The zero-order valence-electron chi connectivity index (χ0n) is 9.08. The summed E-state index contributed by atoms with van der Waals surface area (Å²) in [5.74, 6) is 0. The van der Waals surface area contributed by atoms with Gasteiger partial charge in [-0.2, -0.15) is 0 Å². The molecule has 0 bridgehead atoms. The molecule has 0 spiro atoms. The number of hydrogen-bond acceptors (Lipinski definition) is 2. The molecule has 2 heteroatoms. The van der Waals surface area contributed by atoms with Crippen molar-refractivity contribution >= 4 is 0 Å². The quantitative estimate of drug-likeness (QED) is 0.795. The van der Waals surface area contributed by atoms with Crippen molar-refractivity contribution < 1.29 is 9.84 Å². The van der Waals surface area contributed by atoms with Gasteiger partial charge in [0.15, 0.2) is 0 Å². The standard InChI is InChI=1S/C12H18O2/c1-12(2,14-3)11-7-5-4-6-10(11)8-9-13/h4-7,13H,8-9H2,1-3H3. The maximum atomic E-state index is 8.94. The maximum Gasteiger partial charge on any atom is 0.0874 e. The summed E-state index contributed by atoms with van der Waals surface area (Å²) >= 11 is 0. The average Bonchev–Trinajstić information content (AvgIpc) is 2.19. The normalized spacial score (nSPS) is 11.7. The van der Waals surface area contributed by atoms with Crippen molar-refractivity contribution in [3.8, 4) is 0 Å². The molecule has 1 aromatic rings. The molecule has 2 nitrogen and oxygen atoms in total. The molecule has 0 amide bonds. The van der Waals surface area contributed by atoms with Crippen LogP contribution in [0, 0.1) is 0 Å². The number of methoxy groups -OCH3 is 1. The Kier molecular flexibility index (Phi) is 3.67. The first-order chi connectivity index (χ1) is 6.61. The predicted molar refractivity (Wildman–Crippen MR) is 57.3 cm³/mol. The van der Waals surface area contributed by atoms with E-state index in [0.29, 0.717) is 6.42 Å². The Hall–Kier alpha value is -0.860. The van der Waals surface area contributed by atoms with Crippen LogP contribution < -0.4 is 0 Å². The summed E-state index contributed by atoms with van der Waals surface area (Å²) in [5, 5.41) is 8.94. The van der Waals surface area contributed by atoms with Gasteiger partial charge in [0.25, 0.3) is 0 Å². The minimum atomic E-state index is -0.286. The highest BCUT2D eigenvalue weighted by atomic mass is 16.5. The minimum Gasteiger partial charge on any atom is -0.396 e. The van der Waals surface area contributed by atoms with Crippen molar-refractivity contribution in [1.82, 2.24) is 0 Å². The minimum absolute atomic E-state index is 0.177. The van der Waals surface area contributed by atoms with E-state index < -0.39 is 0 Å². The average molecular weight is 194 g/mol. The van der Waals surface area contributed by atoms with Crippen LogP contribution in [0.5, 0.6) is 0 Å². The molecule has 0 aliphatic rings. The molecule has 0 saturated carbocycles. The van der Waals surface area contributed by atoms with Gasteiger partial charge in [-0.25, -0.2) is 0 Å². The van der Waals surface area contributed by atoms with Crippen LogP contribution in [0.15, 0.2) is 24.3 Å². The molecule has 78 valence electrons. The number of aliphatic hydroxyl groups excluding tert-OH is 1. The molecule has 0 unspecified atom stereocenters. The number of hydrogen-bond donors (Lipinski definition) is 1. The van der Waals surface area contributed by atoms with Crippen LogP contribution in [0.4, 0.5) is 0 Å². The first-order valence-electron chi connectivity index (χ1n) is 4.86. The zero-order valence-corrected chi connectivity index (χ0v) is 9.08. The highest BCUT2D eigenvalue weighted by Crippen LogP contribution is 2.27. The van der Waals surface area contributed by atoms with Crippen LogP contribution in [0.3, 0.4) is 0 Å². The molecule has 0 aromatic heterocycles. The van der Waals surface area contributed by atoms with E-state index in [-0.39, 0.29) is 12.2 Å². The van der Waals surface area contributed by atoms with E-state index in [2.05, 4.69) is 6.07 Å².